The second-order valence-electron chi connectivity index (χ2n) is 3.49. The standard InChI is InChI=1S/C12H11F3O3/c1-2-18-11(17)10(7-16)8-3-5-9(6-4-8)12(13,14)15/h3-7,10H,2H2,1H3. The van der Waals surface area contributed by atoms with Gasteiger partial charge in [-0.2, -0.15) is 13.2 Å². The number of ether oxygens (including phenoxy) is 1. The van der Waals surface area contributed by atoms with Gasteiger partial charge in [-0.3, -0.25) is 4.79 Å². The maximum absolute atomic E-state index is 12.3. The summed E-state index contributed by atoms with van der Waals surface area (Å²) >= 11 is 0. The summed E-state index contributed by atoms with van der Waals surface area (Å²) in [5.41, 5.74) is -0.656. The van der Waals surface area contributed by atoms with E-state index in [2.05, 4.69) is 4.74 Å². The number of hydrogen-bond acceptors (Lipinski definition) is 3. The van der Waals surface area contributed by atoms with Crippen LogP contribution in [0.2, 0.25) is 0 Å². The Hall–Kier alpha value is -1.85. The van der Waals surface area contributed by atoms with Gasteiger partial charge in [-0.15, -0.1) is 0 Å². The van der Waals surface area contributed by atoms with Crippen molar-refractivity contribution in [3.63, 3.8) is 0 Å². The summed E-state index contributed by atoms with van der Waals surface area (Å²) < 4.78 is 41.6. The van der Waals surface area contributed by atoms with Crippen LogP contribution in [0.25, 0.3) is 0 Å². The van der Waals surface area contributed by atoms with Crippen molar-refractivity contribution in [2.24, 2.45) is 0 Å². The highest BCUT2D eigenvalue weighted by Crippen LogP contribution is 2.30. The largest absolute Gasteiger partial charge is 0.465 e. The molecule has 98 valence electrons. The van der Waals surface area contributed by atoms with Gasteiger partial charge in [0, 0.05) is 0 Å². The normalized spacial score (nSPS) is 12.9. The number of aldehydes is 1. The number of esters is 1. The third-order valence-corrected chi connectivity index (χ3v) is 2.27. The Labute approximate surface area is 102 Å². The van der Waals surface area contributed by atoms with E-state index in [0.717, 1.165) is 24.3 Å². The molecule has 0 spiro atoms. The van der Waals surface area contributed by atoms with E-state index in [1.165, 1.54) is 0 Å². The Kier molecular flexibility index (Phi) is 4.47. The van der Waals surface area contributed by atoms with E-state index in [0.29, 0.717) is 6.29 Å². The minimum absolute atomic E-state index is 0.101. The maximum Gasteiger partial charge on any atom is 0.416 e. The van der Waals surface area contributed by atoms with E-state index in [1.54, 1.807) is 6.92 Å². The zero-order valence-electron chi connectivity index (χ0n) is 9.53. The highest BCUT2D eigenvalue weighted by atomic mass is 19.4. The number of halogens is 3. The van der Waals surface area contributed by atoms with Crippen LogP contribution in [0.1, 0.15) is 24.0 Å². The molecule has 0 radical (unpaired) electrons. The van der Waals surface area contributed by atoms with Gasteiger partial charge in [0.05, 0.1) is 12.2 Å². The van der Waals surface area contributed by atoms with E-state index in [9.17, 15) is 22.8 Å². The number of hydrogen-bond donors (Lipinski definition) is 0. The summed E-state index contributed by atoms with van der Waals surface area (Å²) in [5, 5.41) is 0. The maximum atomic E-state index is 12.3. The zero-order valence-corrected chi connectivity index (χ0v) is 9.53. The highest BCUT2D eigenvalue weighted by molar-refractivity contribution is 5.94. The summed E-state index contributed by atoms with van der Waals surface area (Å²) in [4.78, 5) is 22.2. The minimum atomic E-state index is -4.45. The first-order chi connectivity index (χ1) is 8.40. The summed E-state index contributed by atoms with van der Waals surface area (Å²) in [6, 6.07) is 3.84. The van der Waals surface area contributed by atoms with Crippen molar-refractivity contribution in [1.82, 2.24) is 0 Å². The second kappa shape index (κ2) is 5.66. The molecule has 0 fully saturated rings. The van der Waals surface area contributed by atoms with Crippen molar-refractivity contribution in [1.29, 1.82) is 0 Å². The summed E-state index contributed by atoms with van der Waals surface area (Å²) in [7, 11) is 0. The van der Waals surface area contributed by atoms with Gasteiger partial charge in [-0.1, -0.05) is 12.1 Å². The van der Waals surface area contributed by atoms with Gasteiger partial charge in [-0.05, 0) is 24.6 Å². The molecule has 0 saturated heterocycles. The van der Waals surface area contributed by atoms with Crippen LogP contribution in [-0.2, 0) is 20.5 Å². The molecular weight excluding hydrogens is 249 g/mol. The van der Waals surface area contributed by atoms with Crippen LogP contribution < -0.4 is 0 Å². The van der Waals surface area contributed by atoms with E-state index < -0.39 is 23.6 Å². The molecule has 1 atom stereocenters. The number of carbonyl (C=O) groups is 2. The monoisotopic (exact) mass is 260 g/mol. The van der Waals surface area contributed by atoms with Crippen molar-refractivity contribution >= 4 is 12.3 Å². The fraction of sp³-hybridized carbons (Fsp3) is 0.333. The Balaban J connectivity index is 2.96. The van der Waals surface area contributed by atoms with E-state index in [4.69, 9.17) is 0 Å². The van der Waals surface area contributed by atoms with Crippen LogP contribution in [-0.4, -0.2) is 18.9 Å². The minimum Gasteiger partial charge on any atom is -0.465 e. The Morgan fingerprint density at radius 1 is 1.33 bits per heavy atom. The smallest absolute Gasteiger partial charge is 0.416 e. The highest BCUT2D eigenvalue weighted by Gasteiger charge is 2.30. The van der Waals surface area contributed by atoms with Crippen LogP contribution in [0.3, 0.4) is 0 Å². The Bertz CT molecular complexity index is 423. The molecule has 1 unspecified atom stereocenters. The van der Waals surface area contributed by atoms with E-state index in [1.807, 2.05) is 0 Å². The Morgan fingerprint density at radius 2 is 1.89 bits per heavy atom. The van der Waals surface area contributed by atoms with Crippen LogP contribution in [0.15, 0.2) is 24.3 Å². The predicted octanol–water partition coefficient (Wildman–Crippen LogP) is 2.55. The zero-order chi connectivity index (χ0) is 13.8. The van der Waals surface area contributed by atoms with Crippen LogP contribution in [0.4, 0.5) is 13.2 Å². The molecule has 0 aliphatic carbocycles. The van der Waals surface area contributed by atoms with Crippen molar-refractivity contribution < 1.29 is 27.5 Å². The lowest BCUT2D eigenvalue weighted by Crippen LogP contribution is -2.17. The third-order valence-electron chi connectivity index (χ3n) is 2.27. The molecule has 6 heteroatoms. The number of benzene rings is 1. The van der Waals surface area contributed by atoms with Crippen molar-refractivity contribution in [3.8, 4) is 0 Å². The van der Waals surface area contributed by atoms with E-state index in [-0.39, 0.29) is 12.2 Å². The molecule has 18 heavy (non-hydrogen) atoms. The fourth-order valence-electron chi connectivity index (χ4n) is 1.38. The quantitative estimate of drug-likeness (QED) is 0.474. The van der Waals surface area contributed by atoms with Crippen LogP contribution in [0.5, 0.6) is 0 Å². The second-order valence-corrected chi connectivity index (χ2v) is 3.49. The molecule has 0 aliphatic rings. The van der Waals surface area contributed by atoms with Gasteiger partial charge >= 0.3 is 12.1 Å². The lowest BCUT2D eigenvalue weighted by molar-refractivity contribution is -0.146. The summed E-state index contributed by atoms with van der Waals surface area (Å²) in [5.74, 6) is -1.96. The van der Waals surface area contributed by atoms with Crippen molar-refractivity contribution in [2.75, 3.05) is 6.61 Å². The molecule has 0 heterocycles. The average Bonchev–Trinajstić information content (AvgIpc) is 2.30. The van der Waals surface area contributed by atoms with Gasteiger partial charge in [0.2, 0.25) is 0 Å². The number of alkyl halides is 3. The van der Waals surface area contributed by atoms with Crippen LogP contribution >= 0.6 is 0 Å². The summed E-state index contributed by atoms with van der Waals surface area (Å²) in [6.07, 6.45) is -4.10. The van der Waals surface area contributed by atoms with Crippen LogP contribution in [0, 0.1) is 0 Å². The molecule has 1 aromatic rings. The first kappa shape index (κ1) is 14.2. The molecule has 3 nitrogen and oxygen atoms in total. The fourth-order valence-corrected chi connectivity index (χ4v) is 1.38. The molecule has 0 saturated carbocycles. The van der Waals surface area contributed by atoms with Crippen molar-refractivity contribution in [2.45, 2.75) is 19.0 Å². The lowest BCUT2D eigenvalue weighted by atomic mass is 9.99. The number of carbonyl (C=O) groups excluding carboxylic acids is 2. The first-order valence-electron chi connectivity index (χ1n) is 5.19. The average molecular weight is 260 g/mol. The molecule has 0 amide bonds. The molecule has 1 rings (SSSR count). The molecule has 0 N–H and O–H groups in total. The van der Waals surface area contributed by atoms with E-state index >= 15 is 0 Å². The topological polar surface area (TPSA) is 43.4 Å². The summed E-state index contributed by atoms with van der Waals surface area (Å²) in [6.45, 7) is 1.68. The molecule has 0 aliphatic heterocycles. The molecule has 0 aromatic heterocycles. The van der Waals surface area contributed by atoms with Gasteiger partial charge in [0.15, 0.2) is 0 Å². The van der Waals surface area contributed by atoms with Gasteiger partial charge in [0.1, 0.15) is 12.2 Å². The SMILES string of the molecule is CCOC(=O)C(C=O)c1ccc(C(F)(F)F)cc1. The van der Waals surface area contributed by atoms with Gasteiger partial charge in [-0.25, -0.2) is 0 Å². The lowest BCUT2D eigenvalue weighted by Gasteiger charge is -2.11. The van der Waals surface area contributed by atoms with Gasteiger partial charge in [0.25, 0.3) is 0 Å². The van der Waals surface area contributed by atoms with Gasteiger partial charge < -0.3 is 9.53 Å². The van der Waals surface area contributed by atoms with Crippen molar-refractivity contribution in [3.05, 3.63) is 35.4 Å². The molecule has 0 bridgehead atoms. The molecule has 1 aromatic carbocycles. The first-order valence-corrected chi connectivity index (χ1v) is 5.19. The predicted molar refractivity (Wildman–Crippen MR) is 56.9 cm³/mol. The Morgan fingerprint density at radius 3 is 2.28 bits per heavy atom. The molecular formula is C12H11F3O3. The third kappa shape index (κ3) is 3.32. The number of rotatable bonds is 4.